The molecule has 0 spiro atoms. The normalized spacial score (nSPS) is 17.7. The Balaban J connectivity index is 2.02. The lowest BCUT2D eigenvalue weighted by atomic mass is 10.1. The van der Waals surface area contributed by atoms with Crippen molar-refractivity contribution in [1.82, 2.24) is 10.2 Å². The van der Waals surface area contributed by atoms with Gasteiger partial charge in [0.1, 0.15) is 0 Å². The first-order valence-electron chi connectivity index (χ1n) is 8.18. The van der Waals surface area contributed by atoms with E-state index in [4.69, 9.17) is 0 Å². The first-order chi connectivity index (χ1) is 11.1. The van der Waals surface area contributed by atoms with E-state index < -0.39 is 6.10 Å². The van der Waals surface area contributed by atoms with E-state index in [0.717, 1.165) is 19.3 Å². The van der Waals surface area contributed by atoms with Crippen molar-refractivity contribution < 1.29 is 14.7 Å². The SMILES string of the molecule is CCCNC(=O)CNc1ccccc1C(=O)N1CCCC(O)C1. The van der Waals surface area contributed by atoms with Crippen LogP contribution in [-0.4, -0.2) is 54.1 Å². The van der Waals surface area contributed by atoms with Crippen LogP contribution in [-0.2, 0) is 4.79 Å². The van der Waals surface area contributed by atoms with Gasteiger partial charge in [0.25, 0.3) is 5.91 Å². The van der Waals surface area contributed by atoms with E-state index in [1.807, 2.05) is 13.0 Å². The molecule has 1 aromatic carbocycles. The number of β-amino-alcohol motifs (C(OH)–C–C–N with tert-alkyl or cyclic N) is 1. The average molecular weight is 319 g/mol. The van der Waals surface area contributed by atoms with Gasteiger partial charge in [-0.05, 0) is 31.4 Å². The van der Waals surface area contributed by atoms with Crippen molar-refractivity contribution in [3.8, 4) is 0 Å². The maximum Gasteiger partial charge on any atom is 0.256 e. The number of aliphatic hydroxyl groups is 1. The fourth-order valence-electron chi connectivity index (χ4n) is 2.64. The molecule has 1 heterocycles. The number of aliphatic hydroxyl groups excluding tert-OH is 1. The van der Waals surface area contributed by atoms with Crippen LogP contribution in [0.25, 0.3) is 0 Å². The van der Waals surface area contributed by atoms with Crippen LogP contribution in [0.5, 0.6) is 0 Å². The summed E-state index contributed by atoms with van der Waals surface area (Å²) in [5.41, 5.74) is 1.18. The Bertz CT molecular complexity index is 548. The van der Waals surface area contributed by atoms with Crippen molar-refractivity contribution in [1.29, 1.82) is 0 Å². The number of anilines is 1. The lowest BCUT2D eigenvalue weighted by Gasteiger charge is -2.30. The van der Waals surface area contributed by atoms with Gasteiger partial charge in [0.05, 0.1) is 18.2 Å². The first kappa shape index (κ1) is 17.3. The lowest BCUT2D eigenvalue weighted by Crippen LogP contribution is -2.42. The number of carbonyl (C=O) groups is 2. The second-order valence-electron chi connectivity index (χ2n) is 5.80. The molecule has 0 bridgehead atoms. The third kappa shape index (κ3) is 4.96. The molecule has 0 aliphatic carbocycles. The van der Waals surface area contributed by atoms with Gasteiger partial charge in [0.2, 0.25) is 5.91 Å². The van der Waals surface area contributed by atoms with Crippen molar-refractivity contribution in [2.24, 2.45) is 0 Å². The van der Waals surface area contributed by atoms with E-state index in [2.05, 4.69) is 10.6 Å². The number of amides is 2. The van der Waals surface area contributed by atoms with Gasteiger partial charge >= 0.3 is 0 Å². The van der Waals surface area contributed by atoms with E-state index in [9.17, 15) is 14.7 Å². The van der Waals surface area contributed by atoms with Crippen molar-refractivity contribution >= 4 is 17.5 Å². The number of nitrogens with zero attached hydrogens (tertiary/aromatic N) is 1. The summed E-state index contributed by atoms with van der Waals surface area (Å²) in [5, 5.41) is 15.6. The molecule has 1 saturated heterocycles. The fourth-order valence-corrected chi connectivity index (χ4v) is 2.64. The summed E-state index contributed by atoms with van der Waals surface area (Å²) in [6.07, 6.45) is 1.98. The Kier molecular flexibility index (Phi) is 6.40. The molecule has 6 heteroatoms. The predicted octanol–water partition coefficient (Wildman–Crippen LogP) is 1.22. The number of carbonyl (C=O) groups excluding carboxylic acids is 2. The van der Waals surface area contributed by atoms with Gasteiger partial charge < -0.3 is 20.6 Å². The van der Waals surface area contributed by atoms with Crippen LogP contribution in [0.4, 0.5) is 5.69 Å². The molecular weight excluding hydrogens is 294 g/mol. The monoisotopic (exact) mass is 319 g/mol. The summed E-state index contributed by atoms with van der Waals surface area (Å²) in [5.74, 6) is -0.205. The molecule has 6 nitrogen and oxygen atoms in total. The van der Waals surface area contributed by atoms with Crippen LogP contribution in [0.3, 0.4) is 0 Å². The summed E-state index contributed by atoms with van der Waals surface area (Å²) in [4.78, 5) is 26.0. The third-order valence-electron chi connectivity index (χ3n) is 3.85. The molecule has 1 unspecified atom stereocenters. The Morgan fingerprint density at radius 3 is 2.87 bits per heavy atom. The Labute approximate surface area is 136 Å². The first-order valence-corrected chi connectivity index (χ1v) is 8.18. The summed E-state index contributed by atoms with van der Waals surface area (Å²) in [6, 6.07) is 7.17. The number of hydrogen-bond donors (Lipinski definition) is 3. The molecule has 23 heavy (non-hydrogen) atoms. The van der Waals surface area contributed by atoms with E-state index in [1.165, 1.54) is 0 Å². The fraction of sp³-hybridized carbons (Fsp3) is 0.529. The van der Waals surface area contributed by atoms with Crippen molar-refractivity contribution in [2.75, 3.05) is 31.5 Å². The highest BCUT2D eigenvalue weighted by atomic mass is 16.3. The van der Waals surface area contributed by atoms with Crippen LogP contribution >= 0.6 is 0 Å². The van der Waals surface area contributed by atoms with E-state index in [0.29, 0.717) is 30.9 Å². The van der Waals surface area contributed by atoms with Crippen LogP contribution in [0, 0.1) is 0 Å². The van der Waals surface area contributed by atoms with Crippen molar-refractivity contribution in [3.63, 3.8) is 0 Å². The molecule has 1 fully saturated rings. The maximum atomic E-state index is 12.7. The Morgan fingerprint density at radius 1 is 1.35 bits per heavy atom. The molecule has 126 valence electrons. The Morgan fingerprint density at radius 2 is 2.13 bits per heavy atom. The minimum atomic E-state index is -0.451. The molecule has 1 aromatic rings. The lowest BCUT2D eigenvalue weighted by molar-refractivity contribution is -0.119. The highest BCUT2D eigenvalue weighted by molar-refractivity contribution is 6.00. The maximum absolute atomic E-state index is 12.7. The van der Waals surface area contributed by atoms with Crippen molar-refractivity contribution in [2.45, 2.75) is 32.3 Å². The summed E-state index contributed by atoms with van der Waals surface area (Å²) in [7, 11) is 0. The molecule has 0 saturated carbocycles. The zero-order valence-corrected chi connectivity index (χ0v) is 13.5. The third-order valence-corrected chi connectivity index (χ3v) is 3.85. The summed E-state index contributed by atoms with van der Waals surface area (Å²) < 4.78 is 0. The summed E-state index contributed by atoms with van der Waals surface area (Å²) >= 11 is 0. The van der Waals surface area contributed by atoms with Gasteiger partial charge in [-0.1, -0.05) is 19.1 Å². The molecule has 2 amide bonds. The van der Waals surface area contributed by atoms with Gasteiger partial charge in [-0.3, -0.25) is 9.59 Å². The topological polar surface area (TPSA) is 81.7 Å². The highest BCUT2D eigenvalue weighted by Gasteiger charge is 2.24. The Hall–Kier alpha value is -2.08. The molecule has 1 aliphatic rings. The second kappa shape index (κ2) is 8.53. The number of para-hydroxylation sites is 1. The number of rotatable bonds is 6. The minimum Gasteiger partial charge on any atom is -0.391 e. The second-order valence-corrected chi connectivity index (χ2v) is 5.80. The number of benzene rings is 1. The van der Waals surface area contributed by atoms with Crippen molar-refractivity contribution in [3.05, 3.63) is 29.8 Å². The van der Waals surface area contributed by atoms with E-state index >= 15 is 0 Å². The van der Waals surface area contributed by atoms with Crippen LogP contribution in [0.15, 0.2) is 24.3 Å². The van der Waals surface area contributed by atoms with Crippen LogP contribution in [0.2, 0.25) is 0 Å². The van der Waals surface area contributed by atoms with Gasteiger partial charge in [-0.25, -0.2) is 0 Å². The predicted molar refractivity (Wildman–Crippen MR) is 89.4 cm³/mol. The van der Waals surface area contributed by atoms with E-state index in [-0.39, 0.29) is 18.4 Å². The van der Waals surface area contributed by atoms with E-state index in [1.54, 1.807) is 23.1 Å². The smallest absolute Gasteiger partial charge is 0.256 e. The molecule has 0 radical (unpaired) electrons. The number of likely N-dealkylation sites (tertiary alicyclic amines) is 1. The molecule has 3 N–H and O–H groups in total. The molecule has 1 atom stereocenters. The zero-order chi connectivity index (χ0) is 16.7. The largest absolute Gasteiger partial charge is 0.391 e. The molecule has 0 aromatic heterocycles. The van der Waals surface area contributed by atoms with Gasteiger partial charge in [0.15, 0.2) is 0 Å². The van der Waals surface area contributed by atoms with Gasteiger partial charge in [-0.2, -0.15) is 0 Å². The molecule has 1 aliphatic heterocycles. The number of nitrogens with one attached hydrogen (secondary N) is 2. The standard InChI is InChI=1S/C17H25N3O3/c1-2-9-18-16(22)11-19-15-8-4-3-7-14(15)17(23)20-10-5-6-13(21)12-20/h3-4,7-8,13,19,21H,2,5-6,9-12H2,1H3,(H,18,22). The van der Waals surface area contributed by atoms with Crippen LogP contribution < -0.4 is 10.6 Å². The number of hydrogen-bond acceptors (Lipinski definition) is 4. The summed E-state index contributed by atoms with van der Waals surface area (Å²) in [6.45, 7) is 3.79. The van der Waals surface area contributed by atoms with Gasteiger partial charge in [0, 0.05) is 25.3 Å². The average Bonchev–Trinajstić information content (AvgIpc) is 2.57. The quantitative estimate of drug-likeness (QED) is 0.736. The van der Waals surface area contributed by atoms with Gasteiger partial charge in [-0.15, -0.1) is 0 Å². The zero-order valence-electron chi connectivity index (χ0n) is 13.5. The minimum absolute atomic E-state index is 0.0949. The van der Waals surface area contributed by atoms with Crippen LogP contribution in [0.1, 0.15) is 36.5 Å². The molecular formula is C17H25N3O3. The highest BCUT2D eigenvalue weighted by Crippen LogP contribution is 2.20. The number of piperidine rings is 1. The molecule has 2 rings (SSSR count).